The standard InChI is InChI=1S/C13H25NO2/c1-4-6-12(7-5-2)14-8-11(9-14)10(3)13(15)16/h10-12H,4-9H2,1-3H3,(H,15,16). The van der Waals surface area contributed by atoms with Gasteiger partial charge in [-0.05, 0) is 18.8 Å². The first kappa shape index (κ1) is 13.5. The van der Waals surface area contributed by atoms with Crippen molar-refractivity contribution >= 4 is 5.97 Å². The minimum atomic E-state index is -0.646. The van der Waals surface area contributed by atoms with E-state index >= 15 is 0 Å². The number of hydrogen-bond acceptors (Lipinski definition) is 2. The van der Waals surface area contributed by atoms with Gasteiger partial charge in [-0.15, -0.1) is 0 Å². The van der Waals surface area contributed by atoms with Gasteiger partial charge in [-0.1, -0.05) is 33.6 Å². The summed E-state index contributed by atoms with van der Waals surface area (Å²) in [4.78, 5) is 13.3. The van der Waals surface area contributed by atoms with Gasteiger partial charge < -0.3 is 5.11 Å². The van der Waals surface area contributed by atoms with Crippen LogP contribution in [0.15, 0.2) is 0 Å². The molecule has 1 unspecified atom stereocenters. The molecule has 1 saturated heterocycles. The molecule has 0 aromatic rings. The summed E-state index contributed by atoms with van der Waals surface area (Å²) < 4.78 is 0. The third-order valence-electron chi connectivity index (χ3n) is 3.79. The van der Waals surface area contributed by atoms with Gasteiger partial charge in [0.25, 0.3) is 0 Å². The smallest absolute Gasteiger partial charge is 0.306 e. The fraction of sp³-hybridized carbons (Fsp3) is 0.923. The van der Waals surface area contributed by atoms with E-state index in [1.165, 1.54) is 25.7 Å². The van der Waals surface area contributed by atoms with Crippen molar-refractivity contribution in [3.63, 3.8) is 0 Å². The molecule has 94 valence electrons. The number of hydrogen-bond donors (Lipinski definition) is 1. The highest BCUT2D eigenvalue weighted by Gasteiger charge is 2.37. The molecule has 1 N–H and O–H groups in total. The van der Waals surface area contributed by atoms with Crippen LogP contribution >= 0.6 is 0 Å². The van der Waals surface area contributed by atoms with Crippen LogP contribution in [-0.2, 0) is 4.79 Å². The fourth-order valence-electron chi connectivity index (χ4n) is 2.54. The van der Waals surface area contributed by atoms with Gasteiger partial charge in [-0.25, -0.2) is 0 Å². The molecule has 1 rings (SSSR count). The van der Waals surface area contributed by atoms with E-state index in [1.807, 2.05) is 6.92 Å². The van der Waals surface area contributed by atoms with Gasteiger partial charge in [-0.3, -0.25) is 9.69 Å². The minimum absolute atomic E-state index is 0.180. The minimum Gasteiger partial charge on any atom is -0.481 e. The Labute approximate surface area is 98.8 Å². The average Bonchev–Trinajstić information content (AvgIpc) is 2.15. The molecule has 0 aliphatic carbocycles. The van der Waals surface area contributed by atoms with Gasteiger partial charge in [0.05, 0.1) is 5.92 Å². The van der Waals surface area contributed by atoms with E-state index in [0.29, 0.717) is 12.0 Å². The van der Waals surface area contributed by atoms with Crippen LogP contribution in [-0.4, -0.2) is 35.1 Å². The molecule has 1 aliphatic heterocycles. The van der Waals surface area contributed by atoms with Crippen molar-refractivity contribution in [2.75, 3.05) is 13.1 Å². The molecule has 1 heterocycles. The highest BCUT2D eigenvalue weighted by Crippen LogP contribution is 2.28. The third kappa shape index (κ3) is 3.21. The molecule has 0 radical (unpaired) electrons. The van der Waals surface area contributed by atoms with Crippen LogP contribution in [0.2, 0.25) is 0 Å². The van der Waals surface area contributed by atoms with Crippen molar-refractivity contribution in [1.82, 2.24) is 4.90 Å². The SMILES string of the molecule is CCCC(CCC)N1CC(C(C)C(=O)O)C1. The molecule has 0 amide bonds. The highest BCUT2D eigenvalue weighted by atomic mass is 16.4. The number of carbonyl (C=O) groups is 1. The topological polar surface area (TPSA) is 40.5 Å². The van der Waals surface area contributed by atoms with Crippen LogP contribution in [0.5, 0.6) is 0 Å². The molecule has 0 spiro atoms. The molecule has 1 atom stereocenters. The van der Waals surface area contributed by atoms with Crippen molar-refractivity contribution < 1.29 is 9.90 Å². The second-order valence-corrected chi connectivity index (χ2v) is 5.07. The Hall–Kier alpha value is -0.570. The largest absolute Gasteiger partial charge is 0.481 e. The monoisotopic (exact) mass is 227 g/mol. The van der Waals surface area contributed by atoms with Crippen LogP contribution in [0, 0.1) is 11.8 Å². The summed E-state index contributed by atoms with van der Waals surface area (Å²) in [6.45, 7) is 8.24. The number of nitrogens with zero attached hydrogens (tertiary/aromatic N) is 1. The quantitative estimate of drug-likeness (QED) is 0.727. The Kier molecular flexibility index (Phi) is 5.26. The van der Waals surface area contributed by atoms with Crippen LogP contribution in [0.25, 0.3) is 0 Å². The van der Waals surface area contributed by atoms with E-state index < -0.39 is 5.97 Å². The zero-order valence-electron chi connectivity index (χ0n) is 10.8. The number of likely N-dealkylation sites (tertiary alicyclic amines) is 1. The lowest BCUT2D eigenvalue weighted by Crippen LogP contribution is -2.55. The maximum absolute atomic E-state index is 10.8. The molecule has 0 aromatic carbocycles. The van der Waals surface area contributed by atoms with E-state index in [0.717, 1.165) is 13.1 Å². The van der Waals surface area contributed by atoms with E-state index in [1.54, 1.807) is 0 Å². The summed E-state index contributed by atoms with van der Waals surface area (Å²) in [6, 6.07) is 0.687. The van der Waals surface area contributed by atoms with Gasteiger partial charge in [0, 0.05) is 19.1 Å². The normalized spacial score (nSPS) is 19.8. The van der Waals surface area contributed by atoms with Crippen LogP contribution in [0.3, 0.4) is 0 Å². The molecule has 1 fully saturated rings. The molecule has 1 aliphatic rings. The molecular weight excluding hydrogens is 202 g/mol. The van der Waals surface area contributed by atoms with Crippen LogP contribution in [0.1, 0.15) is 46.5 Å². The second-order valence-electron chi connectivity index (χ2n) is 5.07. The summed E-state index contributed by atoms with van der Waals surface area (Å²) >= 11 is 0. The molecule has 0 bridgehead atoms. The fourth-order valence-corrected chi connectivity index (χ4v) is 2.54. The lowest BCUT2D eigenvalue weighted by molar-refractivity contribution is -0.146. The molecule has 3 nitrogen and oxygen atoms in total. The third-order valence-corrected chi connectivity index (χ3v) is 3.79. The number of rotatable bonds is 7. The van der Waals surface area contributed by atoms with Crippen LogP contribution < -0.4 is 0 Å². The van der Waals surface area contributed by atoms with E-state index in [2.05, 4.69) is 18.7 Å². The highest BCUT2D eigenvalue weighted by molar-refractivity contribution is 5.70. The molecule has 0 aromatic heterocycles. The molecular formula is C13H25NO2. The summed E-state index contributed by atoms with van der Waals surface area (Å²) in [5.74, 6) is -0.457. The first-order valence-corrected chi connectivity index (χ1v) is 6.56. The Balaban J connectivity index is 2.34. The van der Waals surface area contributed by atoms with Crippen molar-refractivity contribution in [1.29, 1.82) is 0 Å². The summed E-state index contributed by atoms with van der Waals surface area (Å²) in [6.07, 6.45) is 4.95. The average molecular weight is 227 g/mol. The van der Waals surface area contributed by atoms with E-state index in [9.17, 15) is 4.79 Å². The van der Waals surface area contributed by atoms with E-state index in [-0.39, 0.29) is 5.92 Å². The predicted octanol–water partition coefficient (Wildman–Crippen LogP) is 2.61. The number of carboxylic acids is 1. The lowest BCUT2D eigenvalue weighted by atomic mass is 9.85. The molecule has 0 saturated carbocycles. The second kappa shape index (κ2) is 6.24. The summed E-state index contributed by atoms with van der Waals surface area (Å²) in [5.41, 5.74) is 0. The van der Waals surface area contributed by atoms with Crippen molar-refractivity contribution in [3.05, 3.63) is 0 Å². The summed E-state index contributed by atoms with van der Waals surface area (Å²) in [5, 5.41) is 8.93. The van der Waals surface area contributed by atoms with Gasteiger partial charge in [0.1, 0.15) is 0 Å². The van der Waals surface area contributed by atoms with Gasteiger partial charge in [0.2, 0.25) is 0 Å². The summed E-state index contributed by atoms with van der Waals surface area (Å²) in [7, 11) is 0. The lowest BCUT2D eigenvalue weighted by Gasteiger charge is -2.46. The zero-order valence-corrected chi connectivity index (χ0v) is 10.8. The Morgan fingerprint density at radius 1 is 1.31 bits per heavy atom. The van der Waals surface area contributed by atoms with Gasteiger partial charge >= 0.3 is 5.97 Å². The van der Waals surface area contributed by atoms with Gasteiger partial charge in [0.15, 0.2) is 0 Å². The maximum Gasteiger partial charge on any atom is 0.306 e. The number of aliphatic carboxylic acids is 1. The first-order valence-electron chi connectivity index (χ1n) is 6.56. The van der Waals surface area contributed by atoms with Crippen molar-refractivity contribution in [3.8, 4) is 0 Å². The van der Waals surface area contributed by atoms with E-state index in [4.69, 9.17) is 5.11 Å². The Bertz CT molecular complexity index is 218. The Morgan fingerprint density at radius 3 is 2.19 bits per heavy atom. The van der Waals surface area contributed by atoms with Gasteiger partial charge in [-0.2, -0.15) is 0 Å². The van der Waals surface area contributed by atoms with Crippen LogP contribution in [0.4, 0.5) is 0 Å². The van der Waals surface area contributed by atoms with Crippen molar-refractivity contribution in [2.45, 2.75) is 52.5 Å². The number of carboxylic acid groups (broad SMARTS) is 1. The van der Waals surface area contributed by atoms with Crippen molar-refractivity contribution in [2.24, 2.45) is 11.8 Å². The Morgan fingerprint density at radius 2 is 1.81 bits per heavy atom. The molecule has 3 heteroatoms. The molecule has 16 heavy (non-hydrogen) atoms. The first-order chi connectivity index (χ1) is 7.60. The predicted molar refractivity (Wildman–Crippen MR) is 65.5 cm³/mol. The maximum atomic E-state index is 10.8. The zero-order chi connectivity index (χ0) is 12.1.